The summed E-state index contributed by atoms with van der Waals surface area (Å²) in [5.41, 5.74) is 14.0. The highest BCUT2D eigenvalue weighted by molar-refractivity contribution is 5.96. The van der Waals surface area contributed by atoms with Crippen LogP contribution in [0.1, 0.15) is 36.6 Å². The molecule has 0 saturated carbocycles. The minimum absolute atomic E-state index is 0.0622. The van der Waals surface area contributed by atoms with E-state index in [0.29, 0.717) is 23.0 Å². The molecule has 0 N–H and O–H groups in total. The van der Waals surface area contributed by atoms with Crippen LogP contribution in [0.2, 0.25) is 0 Å². The van der Waals surface area contributed by atoms with Crippen LogP contribution in [0.15, 0.2) is 179 Å². The zero-order valence-corrected chi connectivity index (χ0v) is 31.0. The van der Waals surface area contributed by atoms with Gasteiger partial charge in [-0.1, -0.05) is 172 Å². The summed E-state index contributed by atoms with van der Waals surface area (Å²) in [5, 5.41) is 2.18. The molecule has 3 aliphatic rings. The lowest BCUT2D eigenvalue weighted by Crippen LogP contribution is -2.33. The van der Waals surface area contributed by atoms with Crippen LogP contribution in [0.4, 0.5) is 0 Å². The Kier molecular flexibility index (Phi) is 7.27. The maximum Gasteiger partial charge on any atom is 0.223 e. The molecule has 1 aliphatic heterocycles. The summed E-state index contributed by atoms with van der Waals surface area (Å²) in [4.78, 5) is 20.9. The van der Waals surface area contributed by atoms with Crippen molar-refractivity contribution in [1.82, 2.24) is 15.0 Å². The van der Waals surface area contributed by atoms with E-state index in [1.807, 2.05) is 30.3 Å². The second-order valence-electron chi connectivity index (χ2n) is 15.3. The molecule has 5 heteroatoms. The van der Waals surface area contributed by atoms with Crippen molar-refractivity contribution in [3.05, 3.63) is 197 Å². The highest BCUT2D eigenvalue weighted by atomic mass is 16.3. The van der Waals surface area contributed by atoms with Gasteiger partial charge < -0.3 is 4.42 Å². The van der Waals surface area contributed by atoms with Crippen molar-refractivity contribution in [3.63, 3.8) is 0 Å². The normalized spacial score (nSPS) is 17.2. The molecule has 2 atom stereocenters. The minimum atomic E-state index is -0.179. The third-order valence-electron chi connectivity index (χ3n) is 11.7. The Labute approximate surface area is 324 Å². The second-order valence-corrected chi connectivity index (χ2v) is 15.3. The predicted octanol–water partition coefficient (Wildman–Crippen LogP) is 10.9. The summed E-state index contributed by atoms with van der Waals surface area (Å²) in [6.45, 7) is 4.64. The molecule has 0 spiro atoms. The van der Waals surface area contributed by atoms with Gasteiger partial charge in [-0.05, 0) is 56.6 Å². The van der Waals surface area contributed by atoms with Crippen LogP contribution in [0.3, 0.4) is 0 Å². The van der Waals surface area contributed by atoms with Gasteiger partial charge in [0.2, 0.25) is 5.55 Å². The van der Waals surface area contributed by atoms with E-state index >= 15 is 0 Å². The SMILES string of the molecule is CC1(C)c2ccccc2-c2c(-c3ccccc3-c3nc(-c4ccccc4)nc(-c4cccc(C5N=c6oc7ccccc7c6=C6C=CC=CC65)c4)n3)cccc21. The quantitative estimate of drug-likeness (QED) is 0.178. The van der Waals surface area contributed by atoms with Gasteiger partial charge in [-0.15, -0.1) is 0 Å². The topological polar surface area (TPSA) is 64.2 Å². The first-order valence-electron chi connectivity index (χ1n) is 19.2. The molecule has 56 heavy (non-hydrogen) atoms. The summed E-state index contributed by atoms with van der Waals surface area (Å²) >= 11 is 0. The molecule has 6 aromatic carbocycles. The minimum Gasteiger partial charge on any atom is -0.438 e. The first kappa shape index (κ1) is 32.5. The van der Waals surface area contributed by atoms with Crippen LogP contribution in [0.25, 0.3) is 73.0 Å². The number of nitrogens with zero attached hydrogens (tertiary/aromatic N) is 4. The lowest BCUT2D eigenvalue weighted by Gasteiger charge is -2.26. The molecule has 11 rings (SSSR count). The molecule has 0 bridgehead atoms. The number of hydrogen-bond donors (Lipinski definition) is 0. The zero-order valence-electron chi connectivity index (χ0n) is 31.0. The van der Waals surface area contributed by atoms with Crippen LogP contribution in [0, 0.1) is 5.92 Å². The number of para-hydroxylation sites is 1. The molecular formula is C51H36N4O. The lowest BCUT2D eigenvalue weighted by molar-refractivity contribution is 0.494. The van der Waals surface area contributed by atoms with Crippen molar-refractivity contribution >= 4 is 16.5 Å². The van der Waals surface area contributed by atoms with Crippen LogP contribution < -0.4 is 10.8 Å². The van der Waals surface area contributed by atoms with Gasteiger partial charge in [-0.25, -0.2) is 19.9 Å². The summed E-state index contributed by atoms with van der Waals surface area (Å²) < 4.78 is 6.36. The number of rotatable bonds is 5. The molecule has 0 saturated heterocycles. The van der Waals surface area contributed by atoms with E-state index in [1.54, 1.807) is 0 Å². The Morgan fingerprint density at radius 1 is 0.554 bits per heavy atom. The van der Waals surface area contributed by atoms with Crippen LogP contribution in [-0.2, 0) is 5.41 Å². The smallest absolute Gasteiger partial charge is 0.223 e. The average molecular weight is 721 g/mol. The summed E-state index contributed by atoms with van der Waals surface area (Å²) in [7, 11) is 0. The number of furan rings is 1. The van der Waals surface area contributed by atoms with Gasteiger partial charge in [0.1, 0.15) is 5.58 Å². The Bertz CT molecular complexity index is 3080. The maximum absolute atomic E-state index is 6.36. The largest absolute Gasteiger partial charge is 0.438 e. The van der Waals surface area contributed by atoms with Crippen molar-refractivity contribution in [1.29, 1.82) is 0 Å². The summed E-state index contributed by atoms with van der Waals surface area (Å²) in [6.07, 6.45) is 8.69. The van der Waals surface area contributed by atoms with Crippen molar-refractivity contribution in [3.8, 4) is 56.4 Å². The molecule has 2 unspecified atom stereocenters. The van der Waals surface area contributed by atoms with E-state index < -0.39 is 0 Å². The van der Waals surface area contributed by atoms with E-state index in [2.05, 4.69) is 153 Å². The van der Waals surface area contributed by atoms with Crippen LogP contribution in [0.5, 0.6) is 0 Å². The van der Waals surface area contributed by atoms with Gasteiger partial charge in [0.05, 0.1) is 11.3 Å². The van der Waals surface area contributed by atoms with Crippen molar-refractivity contribution in [2.24, 2.45) is 10.9 Å². The fraction of sp³-hybridized carbons (Fsp3) is 0.0980. The summed E-state index contributed by atoms with van der Waals surface area (Å²) in [5.74, 6) is 1.93. The van der Waals surface area contributed by atoms with Gasteiger partial charge in [-0.3, -0.25) is 0 Å². The van der Waals surface area contributed by atoms with Crippen molar-refractivity contribution < 1.29 is 4.42 Å². The van der Waals surface area contributed by atoms with Gasteiger partial charge in [0, 0.05) is 33.4 Å². The Morgan fingerprint density at radius 2 is 1.21 bits per heavy atom. The summed E-state index contributed by atoms with van der Waals surface area (Å²) in [6, 6.07) is 50.7. The number of allylic oxidation sites excluding steroid dienone is 3. The van der Waals surface area contributed by atoms with Crippen molar-refractivity contribution in [2.75, 3.05) is 0 Å². The molecule has 0 fully saturated rings. The molecular weight excluding hydrogens is 685 g/mol. The molecule has 0 radical (unpaired) electrons. The molecule has 3 heterocycles. The van der Waals surface area contributed by atoms with E-state index in [-0.39, 0.29) is 17.4 Å². The second kappa shape index (κ2) is 12.5. The number of aromatic nitrogens is 3. The molecule has 0 amide bonds. The zero-order chi connectivity index (χ0) is 37.4. The van der Waals surface area contributed by atoms with E-state index in [0.717, 1.165) is 44.0 Å². The maximum atomic E-state index is 6.36. The predicted molar refractivity (Wildman–Crippen MR) is 224 cm³/mol. The van der Waals surface area contributed by atoms with Gasteiger partial charge in [0.25, 0.3) is 0 Å². The Balaban J connectivity index is 1.08. The first-order valence-corrected chi connectivity index (χ1v) is 19.2. The van der Waals surface area contributed by atoms with Crippen molar-refractivity contribution in [2.45, 2.75) is 25.3 Å². The Hall–Kier alpha value is -6.98. The molecule has 5 nitrogen and oxygen atoms in total. The van der Waals surface area contributed by atoms with Crippen LogP contribution >= 0.6 is 0 Å². The third-order valence-corrected chi connectivity index (χ3v) is 11.7. The van der Waals surface area contributed by atoms with E-state index in [4.69, 9.17) is 24.4 Å². The van der Waals surface area contributed by atoms with E-state index in [9.17, 15) is 0 Å². The fourth-order valence-electron chi connectivity index (χ4n) is 9.07. The first-order chi connectivity index (χ1) is 27.5. The molecule has 266 valence electrons. The standard InChI is InChI=1S/C51H36N4O/c1-51(2)41-27-12-10-24-39(41)44-35(26-15-28-42(44)51)34-20-6-9-23-38(34)49-54-47(31-16-4-3-5-17-31)53-48(55-49)33-19-14-18-32(30-33)46-37-22-8-7-21-36(37)45-40-25-11-13-29-43(40)56-50(45)52-46/h3-30,37,46H,1-2H3. The Morgan fingerprint density at radius 3 is 2.09 bits per heavy atom. The average Bonchev–Trinajstić information content (AvgIpc) is 3.75. The van der Waals surface area contributed by atoms with Gasteiger partial charge in [0.15, 0.2) is 17.5 Å². The number of hydrogen-bond acceptors (Lipinski definition) is 5. The van der Waals surface area contributed by atoms with E-state index in [1.165, 1.54) is 33.4 Å². The third kappa shape index (κ3) is 5.01. The highest BCUT2D eigenvalue weighted by Gasteiger charge is 2.37. The lowest BCUT2D eigenvalue weighted by atomic mass is 9.81. The van der Waals surface area contributed by atoms with Gasteiger partial charge >= 0.3 is 0 Å². The van der Waals surface area contributed by atoms with Crippen LogP contribution in [-0.4, -0.2) is 15.0 Å². The number of benzene rings is 6. The van der Waals surface area contributed by atoms with Gasteiger partial charge in [-0.2, -0.15) is 0 Å². The molecule has 2 aliphatic carbocycles. The molecule has 2 aromatic heterocycles. The number of fused-ring (bicyclic) bond motifs is 7. The molecule has 8 aromatic rings. The highest BCUT2D eigenvalue weighted by Crippen LogP contribution is 2.52. The fourth-order valence-corrected chi connectivity index (χ4v) is 9.07. The monoisotopic (exact) mass is 720 g/mol.